The van der Waals surface area contributed by atoms with Crippen LogP contribution in [0.5, 0.6) is 0 Å². The molecule has 0 aromatic heterocycles. The van der Waals surface area contributed by atoms with Gasteiger partial charge in [0.1, 0.15) is 11.2 Å². The summed E-state index contributed by atoms with van der Waals surface area (Å²) < 4.78 is 15.9. The summed E-state index contributed by atoms with van der Waals surface area (Å²) in [6.07, 6.45) is 5.12. The number of rotatable bonds is 4. The van der Waals surface area contributed by atoms with Gasteiger partial charge in [0.2, 0.25) is 11.8 Å². The minimum absolute atomic E-state index is 0.0797. The maximum Gasteiger partial charge on any atom is 0.309 e. The predicted molar refractivity (Wildman–Crippen MR) is 143 cm³/mol. The van der Waals surface area contributed by atoms with Gasteiger partial charge in [0.15, 0.2) is 0 Å². The Hall–Kier alpha value is -2.68. The molecule has 2 aliphatic heterocycles. The van der Waals surface area contributed by atoms with E-state index in [0.29, 0.717) is 48.4 Å². The fraction of sp³-hybridized carbons (Fsp3) is 0.483. The van der Waals surface area contributed by atoms with E-state index < -0.39 is 45.7 Å². The van der Waals surface area contributed by atoms with E-state index in [0.717, 1.165) is 19.3 Å². The van der Waals surface area contributed by atoms with Gasteiger partial charge >= 0.3 is 5.97 Å². The minimum atomic E-state index is -1.29. The van der Waals surface area contributed by atoms with Crippen LogP contribution in [0.4, 0.5) is 10.1 Å². The number of anilines is 1. The third-order valence-electron chi connectivity index (χ3n) is 10.2. The Morgan fingerprint density at radius 2 is 1.77 bits per heavy atom. The van der Waals surface area contributed by atoms with E-state index in [9.17, 15) is 19.5 Å². The van der Waals surface area contributed by atoms with Crippen LogP contribution in [0.2, 0.25) is 10.0 Å². The largest absolute Gasteiger partial charge is 0.481 e. The molecule has 10 heteroatoms. The second-order valence-corrected chi connectivity index (χ2v) is 13.1. The molecule has 5 fully saturated rings. The van der Waals surface area contributed by atoms with Gasteiger partial charge < -0.3 is 15.7 Å². The highest BCUT2D eigenvalue weighted by Gasteiger charge is 2.75. The summed E-state index contributed by atoms with van der Waals surface area (Å²) in [6, 6.07) is 9.01. The van der Waals surface area contributed by atoms with Crippen molar-refractivity contribution in [3.63, 3.8) is 0 Å². The van der Waals surface area contributed by atoms with Crippen LogP contribution in [0.3, 0.4) is 0 Å². The molecule has 4 N–H and O–H groups in total. The summed E-state index contributed by atoms with van der Waals surface area (Å²) in [6.45, 7) is 0. The van der Waals surface area contributed by atoms with Crippen LogP contribution in [0.25, 0.3) is 0 Å². The fourth-order valence-corrected chi connectivity index (χ4v) is 9.06. The molecule has 2 aromatic carbocycles. The van der Waals surface area contributed by atoms with Crippen molar-refractivity contribution in [3.05, 3.63) is 63.4 Å². The van der Waals surface area contributed by atoms with Crippen LogP contribution >= 0.6 is 23.2 Å². The van der Waals surface area contributed by atoms with Gasteiger partial charge in [-0.05, 0) is 61.4 Å². The van der Waals surface area contributed by atoms with E-state index in [1.165, 1.54) is 6.07 Å². The lowest BCUT2D eigenvalue weighted by Gasteiger charge is -2.68. The molecule has 3 unspecified atom stereocenters. The summed E-state index contributed by atoms with van der Waals surface area (Å²) in [5.74, 6) is -3.03. The number of fused-ring (bicyclic) bond motifs is 3. The number of carbonyl (C=O) groups excluding carboxylic acids is 2. The first-order chi connectivity index (χ1) is 18.6. The molecule has 204 valence electrons. The van der Waals surface area contributed by atoms with Crippen LogP contribution < -0.4 is 16.0 Å². The number of benzene rings is 2. The zero-order chi connectivity index (χ0) is 27.4. The molecule has 4 saturated carbocycles. The van der Waals surface area contributed by atoms with Crippen molar-refractivity contribution in [2.75, 3.05) is 5.32 Å². The molecule has 39 heavy (non-hydrogen) atoms. The molecule has 0 radical (unpaired) electrons. The number of carboxylic acid groups (broad SMARTS) is 1. The van der Waals surface area contributed by atoms with Crippen LogP contribution in [0.1, 0.15) is 68.4 Å². The lowest BCUT2D eigenvalue weighted by molar-refractivity contribution is -0.200. The van der Waals surface area contributed by atoms with E-state index in [2.05, 4.69) is 16.0 Å². The Bertz CT molecular complexity index is 1440. The van der Waals surface area contributed by atoms with Gasteiger partial charge in [-0.3, -0.25) is 19.7 Å². The second-order valence-electron chi connectivity index (χ2n) is 12.2. The molecule has 8 rings (SSSR count). The molecular weight excluding hydrogens is 544 g/mol. The van der Waals surface area contributed by atoms with Crippen LogP contribution in [0, 0.1) is 11.2 Å². The van der Waals surface area contributed by atoms with E-state index >= 15 is 4.39 Å². The average Bonchev–Trinajstić information content (AvgIpc) is 3.30. The van der Waals surface area contributed by atoms with Crippen molar-refractivity contribution in [1.29, 1.82) is 0 Å². The van der Waals surface area contributed by atoms with Crippen molar-refractivity contribution in [2.24, 2.45) is 5.41 Å². The number of nitrogens with one attached hydrogen (secondary N) is 3. The molecule has 2 amide bonds. The summed E-state index contributed by atoms with van der Waals surface area (Å²) >= 11 is 12.6. The lowest BCUT2D eigenvalue weighted by atomic mass is 9.39. The van der Waals surface area contributed by atoms with Crippen molar-refractivity contribution < 1.29 is 23.9 Å². The fourth-order valence-electron chi connectivity index (χ4n) is 8.70. The molecule has 3 atom stereocenters. The number of hydrogen-bond acceptors (Lipinski definition) is 4. The van der Waals surface area contributed by atoms with Gasteiger partial charge in [-0.25, -0.2) is 4.39 Å². The first-order valence-electron chi connectivity index (χ1n) is 13.5. The Morgan fingerprint density at radius 3 is 2.46 bits per heavy atom. The van der Waals surface area contributed by atoms with Gasteiger partial charge in [-0.15, -0.1) is 0 Å². The molecular formula is C29H28Cl2FN3O4. The third kappa shape index (κ3) is 3.16. The van der Waals surface area contributed by atoms with Gasteiger partial charge in [0, 0.05) is 27.7 Å². The van der Waals surface area contributed by atoms with E-state index in [4.69, 9.17) is 23.2 Å². The van der Waals surface area contributed by atoms with Crippen molar-refractivity contribution in [1.82, 2.24) is 10.6 Å². The van der Waals surface area contributed by atoms with Crippen molar-refractivity contribution in [3.8, 4) is 0 Å². The smallest absolute Gasteiger partial charge is 0.309 e. The predicted octanol–water partition coefficient (Wildman–Crippen LogP) is 4.90. The number of carboxylic acids is 1. The SMILES string of the molecule is O=C(NC12CC(C(=O)O)(C1)C2)C1NC2(CCCCC2)C2(C(=O)Nc3cc(Cl)ccc32)C1c1cccc(Cl)c1F. The van der Waals surface area contributed by atoms with E-state index in [-0.39, 0.29) is 22.4 Å². The van der Waals surface area contributed by atoms with E-state index in [1.807, 2.05) is 6.07 Å². The number of hydrogen-bond donors (Lipinski definition) is 4. The third-order valence-corrected chi connectivity index (χ3v) is 10.7. The summed E-state index contributed by atoms with van der Waals surface area (Å²) in [4.78, 5) is 40.1. The van der Waals surface area contributed by atoms with Gasteiger partial charge in [0.25, 0.3) is 0 Å². The molecule has 2 spiro atoms. The maximum atomic E-state index is 15.9. The number of aliphatic carboxylic acids is 1. The Labute approximate surface area is 234 Å². The molecule has 7 nitrogen and oxygen atoms in total. The molecule has 6 aliphatic rings. The zero-order valence-corrected chi connectivity index (χ0v) is 22.6. The Balaban J connectivity index is 1.39. The highest BCUT2D eigenvalue weighted by molar-refractivity contribution is 6.31. The average molecular weight is 572 g/mol. The van der Waals surface area contributed by atoms with Crippen LogP contribution in [-0.4, -0.2) is 40.0 Å². The molecule has 1 saturated heterocycles. The normalized spacial score (nSPS) is 35.2. The first kappa shape index (κ1) is 25.3. The van der Waals surface area contributed by atoms with Crippen LogP contribution in [0.15, 0.2) is 36.4 Å². The maximum absolute atomic E-state index is 15.9. The van der Waals surface area contributed by atoms with E-state index in [1.54, 1.807) is 24.3 Å². The number of amides is 2. The standard InChI is InChI=1S/C29H28Cl2FN3O4/c30-15-7-8-17-19(11-15)33-24(37)29(17)20(16-5-4-6-18(31)21(16)32)22(34-28(29)9-2-1-3-10-28)23(36)35-27-12-26(13-27,14-27)25(38)39/h4-8,11,20,22,34H,1-3,9-10,12-14H2,(H,33,37)(H,35,36)(H,38,39). The quantitative estimate of drug-likeness (QED) is 0.417. The molecule has 2 bridgehead atoms. The van der Waals surface area contributed by atoms with Gasteiger partial charge in [-0.1, -0.05) is 60.7 Å². The highest BCUT2D eigenvalue weighted by atomic mass is 35.5. The monoisotopic (exact) mass is 571 g/mol. The zero-order valence-electron chi connectivity index (χ0n) is 21.1. The first-order valence-corrected chi connectivity index (χ1v) is 14.2. The van der Waals surface area contributed by atoms with Gasteiger partial charge in [0.05, 0.1) is 16.5 Å². The number of halogens is 3. The summed E-state index contributed by atoms with van der Waals surface area (Å²) in [5.41, 5.74) is -1.97. The Kier molecular flexibility index (Phi) is 5.31. The molecule has 4 aliphatic carbocycles. The van der Waals surface area contributed by atoms with Crippen molar-refractivity contribution >= 4 is 46.7 Å². The number of carbonyl (C=O) groups is 3. The topological polar surface area (TPSA) is 108 Å². The van der Waals surface area contributed by atoms with Crippen LogP contribution in [-0.2, 0) is 19.8 Å². The van der Waals surface area contributed by atoms with Gasteiger partial charge in [-0.2, -0.15) is 0 Å². The molecule has 2 heterocycles. The Morgan fingerprint density at radius 1 is 1.05 bits per heavy atom. The minimum Gasteiger partial charge on any atom is -0.481 e. The lowest BCUT2D eigenvalue weighted by Crippen LogP contribution is -2.78. The molecule has 2 aromatic rings. The second kappa shape index (κ2) is 8.18. The summed E-state index contributed by atoms with van der Waals surface area (Å²) in [5, 5.41) is 19.7. The summed E-state index contributed by atoms with van der Waals surface area (Å²) in [7, 11) is 0. The van der Waals surface area contributed by atoms with Crippen molar-refractivity contribution in [2.45, 2.75) is 79.8 Å². The highest BCUT2D eigenvalue weighted by Crippen LogP contribution is 2.68.